The van der Waals surface area contributed by atoms with Gasteiger partial charge in [-0.15, -0.1) is 0 Å². The van der Waals surface area contributed by atoms with Gasteiger partial charge in [0.25, 0.3) is 5.56 Å². The first kappa shape index (κ1) is 14.7. The van der Waals surface area contributed by atoms with Crippen LogP contribution in [-0.2, 0) is 6.98 Å². The zero-order chi connectivity index (χ0) is 21.6. The van der Waals surface area contributed by atoms with Gasteiger partial charge in [-0.3, -0.25) is 9.78 Å². The lowest BCUT2D eigenvalue weighted by atomic mass is 9.93. The molecule has 26 heavy (non-hydrogen) atoms. The predicted molar refractivity (Wildman–Crippen MR) is 107 cm³/mol. The molecule has 0 amide bonds. The van der Waals surface area contributed by atoms with Crippen LogP contribution in [0, 0.1) is 12.8 Å². The molecule has 0 saturated heterocycles. The van der Waals surface area contributed by atoms with Crippen LogP contribution in [0.1, 0.15) is 37.0 Å². The third-order valence-electron chi connectivity index (χ3n) is 4.49. The number of hydrogen-bond acceptors (Lipinski definition) is 4. The van der Waals surface area contributed by atoms with Crippen LogP contribution in [0.3, 0.4) is 0 Å². The quantitative estimate of drug-likeness (QED) is 0.710. The van der Waals surface area contributed by atoms with Gasteiger partial charge in [-0.25, -0.2) is 0 Å². The molecule has 0 spiro atoms. The van der Waals surface area contributed by atoms with Crippen molar-refractivity contribution in [1.29, 1.82) is 0 Å². The number of fused-ring (bicyclic) bond motifs is 3. The second-order valence-electron chi connectivity index (χ2n) is 7.68. The Kier molecular flexibility index (Phi) is 3.81. The first-order chi connectivity index (χ1) is 13.4. The van der Waals surface area contributed by atoms with E-state index in [1.54, 1.807) is 37.4 Å². The van der Waals surface area contributed by atoms with Gasteiger partial charge in [0.05, 0.1) is 16.6 Å². The van der Waals surface area contributed by atoms with Crippen molar-refractivity contribution in [2.75, 3.05) is 6.61 Å². The third kappa shape index (κ3) is 3.44. The van der Waals surface area contributed by atoms with E-state index in [9.17, 15) is 4.79 Å². The van der Waals surface area contributed by atoms with E-state index in [1.165, 1.54) is 0 Å². The van der Waals surface area contributed by atoms with Crippen molar-refractivity contribution in [2.45, 2.75) is 39.7 Å². The molecule has 5 heteroatoms. The first-order valence-electron chi connectivity index (χ1n) is 10.3. The Morgan fingerprint density at radius 3 is 2.77 bits per heavy atom. The number of rotatable bonds is 5. The van der Waals surface area contributed by atoms with Gasteiger partial charge < -0.3 is 15.0 Å². The van der Waals surface area contributed by atoms with Gasteiger partial charge in [0, 0.05) is 28.2 Å². The highest BCUT2D eigenvalue weighted by molar-refractivity contribution is 6.06. The number of hydrogen-bond donors (Lipinski definition) is 1. The van der Waals surface area contributed by atoms with Gasteiger partial charge in [0.15, 0.2) is 0 Å². The van der Waals surface area contributed by atoms with Crippen molar-refractivity contribution < 1.29 is 8.85 Å². The predicted octanol–water partition coefficient (Wildman–Crippen LogP) is 3.54. The number of benzene rings is 1. The Morgan fingerprint density at radius 2 is 2.08 bits per heavy atom. The van der Waals surface area contributed by atoms with Gasteiger partial charge in [-0.1, -0.05) is 13.8 Å². The highest BCUT2D eigenvalue weighted by Crippen LogP contribution is 2.27. The summed E-state index contributed by atoms with van der Waals surface area (Å²) in [5, 5.41) is 1.62. The number of aromatic nitrogens is 2. The van der Waals surface area contributed by atoms with Gasteiger partial charge >= 0.3 is 0 Å². The Labute approximate surface area is 158 Å². The number of aryl methyl sites for hydroxylation is 2. The minimum absolute atomic E-state index is 0.291. The molecule has 0 unspecified atom stereocenters. The second-order valence-corrected chi connectivity index (χ2v) is 7.68. The van der Waals surface area contributed by atoms with Crippen LogP contribution in [0.4, 0.5) is 0 Å². The van der Waals surface area contributed by atoms with Crippen molar-refractivity contribution >= 4 is 21.7 Å². The zero-order valence-electron chi connectivity index (χ0n) is 18.7. The van der Waals surface area contributed by atoms with Crippen LogP contribution in [0.5, 0.6) is 5.75 Å². The summed E-state index contributed by atoms with van der Waals surface area (Å²) in [6, 6.07) is 6.89. The molecular formula is C21H27N3O2. The molecule has 138 valence electrons. The van der Waals surface area contributed by atoms with Crippen LogP contribution in [0.15, 0.2) is 35.3 Å². The summed E-state index contributed by atoms with van der Waals surface area (Å²) in [6.45, 7) is 5.49. The Hall–Kier alpha value is -2.40. The summed E-state index contributed by atoms with van der Waals surface area (Å²) < 4.78 is 30.3. The summed E-state index contributed by atoms with van der Waals surface area (Å²) >= 11 is 0. The fourth-order valence-electron chi connectivity index (χ4n) is 3.54. The molecule has 0 aliphatic rings. The molecule has 0 bridgehead atoms. The van der Waals surface area contributed by atoms with Crippen LogP contribution >= 0.6 is 0 Å². The SMILES string of the molecule is [2H]C([2H])([2H])n1c(=O)c2cc(OC[C@@](C)(N)CC(C)C)ccc2c2ccnc(C)c21. The Morgan fingerprint density at radius 1 is 1.31 bits per heavy atom. The number of pyridine rings is 2. The van der Waals surface area contributed by atoms with Crippen LogP contribution in [0.25, 0.3) is 21.7 Å². The topological polar surface area (TPSA) is 70.1 Å². The molecule has 0 saturated carbocycles. The van der Waals surface area contributed by atoms with E-state index in [-0.39, 0.29) is 0 Å². The third-order valence-corrected chi connectivity index (χ3v) is 4.49. The number of ether oxygens (including phenoxy) is 1. The molecule has 1 atom stereocenters. The van der Waals surface area contributed by atoms with E-state index < -0.39 is 18.1 Å². The minimum Gasteiger partial charge on any atom is -0.492 e. The van der Waals surface area contributed by atoms with E-state index in [1.807, 2.05) is 6.92 Å². The number of nitrogens with zero attached hydrogens (tertiary/aromatic N) is 2. The largest absolute Gasteiger partial charge is 0.492 e. The first-order valence-corrected chi connectivity index (χ1v) is 8.77. The molecular weight excluding hydrogens is 326 g/mol. The smallest absolute Gasteiger partial charge is 0.258 e. The highest BCUT2D eigenvalue weighted by atomic mass is 16.5. The van der Waals surface area contributed by atoms with Gasteiger partial charge in [0.1, 0.15) is 12.4 Å². The zero-order valence-corrected chi connectivity index (χ0v) is 15.7. The molecule has 2 aromatic heterocycles. The second kappa shape index (κ2) is 6.72. The van der Waals surface area contributed by atoms with E-state index in [2.05, 4.69) is 18.8 Å². The lowest BCUT2D eigenvalue weighted by Gasteiger charge is -2.26. The maximum absolute atomic E-state index is 13.1. The van der Waals surface area contributed by atoms with Crippen LogP contribution in [0.2, 0.25) is 0 Å². The van der Waals surface area contributed by atoms with Crippen LogP contribution < -0.4 is 16.0 Å². The summed E-state index contributed by atoms with van der Waals surface area (Å²) in [6.07, 6.45) is 2.41. The summed E-state index contributed by atoms with van der Waals surface area (Å²) in [5.41, 5.74) is 6.03. The average molecular weight is 356 g/mol. The molecule has 5 nitrogen and oxygen atoms in total. The normalized spacial score (nSPS) is 16.3. The molecule has 1 aromatic carbocycles. The van der Waals surface area contributed by atoms with Crippen LogP contribution in [-0.4, -0.2) is 21.7 Å². The molecule has 3 rings (SSSR count). The minimum atomic E-state index is -2.62. The van der Waals surface area contributed by atoms with Crippen molar-refractivity contribution in [1.82, 2.24) is 9.55 Å². The number of nitrogens with two attached hydrogens (primary N) is 1. The molecule has 0 aliphatic heterocycles. The molecule has 0 fully saturated rings. The van der Waals surface area contributed by atoms with Crippen molar-refractivity contribution in [3.63, 3.8) is 0 Å². The van der Waals surface area contributed by atoms with Gasteiger partial charge in [0.2, 0.25) is 0 Å². The lowest BCUT2D eigenvalue weighted by molar-refractivity contribution is 0.207. The molecule has 0 radical (unpaired) electrons. The van der Waals surface area contributed by atoms with E-state index in [0.29, 0.717) is 45.6 Å². The fraction of sp³-hybridized carbons (Fsp3) is 0.429. The molecule has 3 aromatic rings. The van der Waals surface area contributed by atoms with Crippen molar-refractivity contribution in [3.05, 3.63) is 46.5 Å². The Balaban J connectivity index is 2.15. The van der Waals surface area contributed by atoms with Gasteiger partial charge in [-0.05, 0) is 55.8 Å². The average Bonchev–Trinajstić information content (AvgIpc) is 2.59. The standard InChI is InChI=1S/C21H27N3O2/c1-13(2)11-21(4,22)12-26-15-6-7-16-17-8-9-23-14(3)19(17)24(5)20(25)18(16)10-15/h6-10,13H,11-12,22H2,1-5H3/t21-/m0/s1/i5D3. The molecule has 2 N–H and O–H groups in total. The van der Waals surface area contributed by atoms with Crippen molar-refractivity contribution in [3.8, 4) is 5.75 Å². The fourth-order valence-corrected chi connectivity index (χ4v) is 3.54. The van der Waals surface area contributed by atoms with E-state index >= 15 is 0 Å². The van der Waals surface area contributed by atoms with Gasteiger partial charge in [-0.2, -0.15) is 0 Å². The maximum atomic E-state index is 13.1. The molecule has 2 heterocycles. The lowest BCUT2D eigenvalue weighted by Crippen LogP contribution is -2.43. The summed E-state index contributed by atoms with van der Waals surface area (Å²) in [7, 11) is 0. The van der Waals surface area contributed by atoms with Crippen molar-refractivity contribution in [2.24, 2.45) is 18.6 Å². The Bertz CT molecular complexity index is 1120. The highest BCUT2D eigenvalue weighted by Gasteiger charge is 2.21. The van der Waals surface area contributed by atoms with E-state index in [4.69, 9.17) is 14.6 Å². The van der Waals surface area contributed by atoms with E-state index in [0.717, 1.165) is 11.0 Å². The maximum Gasteiger partial charge on any atom is 0.258 e. The molecule has 0 aliphatic carbocycles. The monoisotopic (exact) mass is 356 g/mol. The summed E-state index contributed by atoms with van der Waals surface area (Å²) in [4.78, 5) is 17.3. The summed E-state index contributed by atoms with van der Waals surface area (Å²) in [5.74, 6) is 0.914.